The third-order valence-electron chi connectivity index (χ3n) is 5.44. The molecule has 0 saturated carbocycles. The van der Waals surface area contributed by atoms with Crippen molar-refractivity contribution in [3.05, 3.63) is 54.4 Å². The van der Waals surface area contributed by atoms with Crippen LogP contribution >= 0.6 is 0 Å². The van der Waals surface area contributed by atoms with E-state index in [-0.39, 0.29) is 5.56 Å². The molecule has 2 aromatic heterocycles. The number of benzene rings is 1. The van der Waals surface area contributed by atoms with Crippen molar-refractivity contribution in [2.24, 2.45) is 5.92 Å². The average molecular weight is 424 g/mol. The number of carbonyl (C=O) groups excluding carboxylic acids is 1. The summed E-state index contributed by atoms with van der Waals surface area (Å²) in [6, 6.07) is 6.41. The maximum absolute atomic E-state index is 14.4. The summed E-state index contributed by atoms with van der Waals surface area (Å²) in [5.74, 6) is 1.03. The highest BCUT2D eigenvalue weighted by atomic mass is 19.1. The van der Waals surface area contributed by atoms with Crippen LogP contribution in [0.15, 0.2) is 43.0 Å². The summed E-state index contributed by atoms with van der Waals surface area (Å²) in [5, 5.41) is 10.9. The van der Waals surface area contributed by atoms with Crippen molar-refractivity contribution in [2.75, 3.05) is 43.5 Å². The summed E-state index contributed by atoms with van der Waals surface area (Å²) < 4.78 is 14.4. The van der Waals surface area contributed by atoms with E-state index in [9.17, 15) is 9.18 Å². The quantitative estimate of drug-likeness (QED) is 0.646. The van der Waals surface area contributed by atoms with E-state index in [1.807, 2.05) is 25.1 Å². The highest BCUT2D eigenvalue weighted by molar-refractivity contribution is 5.98. The smallest absolute Gasteiger partial charge is 0.256 e. The molecule has 4 rings (SSSR count). The van der Waals surface area contributed by atoms with Gasteiger partial charge in [0.2, 0.25) is 0 Å². The third kappa shape index (κ3) is 4.62. The second-order valence-electron chi connectivity index (χ2n) is 7.72. The molecule has 162 valence electrons. The zero-order valence-electron chi connectivity index (χ0n) is 17.6. The summed E-state index contributed by atoms with van der Waals surface area (Å²) in [6.45, 7) is 2.17. The molecule has 0 atom stereocenters. The maximum atomic E-state index is 14.4. The number of carbonyl (C=O) groups is 1. The summed E-state index contributed by atoms with van der Waals surface area (Å²) in [6.07, 6.45) is 6.37. The maximum Gasteiger partial charge on any atom is 0.256 e. The average Bonchev–Trinajstić information content (AvgIpc) is 3.32. The highest BCUT2D eigenvalue weighted by Gasteiger charge is 2.23. The number of nitrogens with one attached hydrogen (secondary N) is 1. The topological polar surface area (TPSA) is 92.1 Å². The van der Waals surface area contributed by atoms with E-state index in [4.69, 9.17) is 0 Å². The molecule has 9 nitrogen and oxygen atoms in total. The Morgan fingerprint density at radius 1 is 1.19 bits per heavy atom. The van der Waals surface area contributed by atoms with Gasteiger partial charge in [0.05, 0.1) is 12.4 Å². The summed E-state index contributed by atoms with van der Waals surface area (Å²) >= 11 is 0. The van der Waals surface area contributed by atoms with Crippen LogP contribution in [0.3, 0.4) is 0 Å². The summed E-state index contributed by atoms with van der Waals surface area (Å²) in [4.78, 5) is 26.8. The minimum Gasteiger partial charge on any atom is -0.363 e. The van der Waals surface area contributed by atoms with Crippen molar-refractivity contribution in [1.29, 1.82) is 0 Å². The molecule has 0 bridgehead atoms. The fraction of sp³-hybridized carbons (Fsp3) is 0.381. The van der Waals surface area contributed by atoms with Gasteiger partial charge in [0, 0.05) is 39.8 Å². The molecule has 0 aliphatic carbocycles. The van der Waals surface area contributed by atoms with E-state index in [1.54, 1.807) is 12.4 Å². The molecule has 1 amide bonds. The first-order valence-electron chi connectivity index (χ1n) is 10.2. The molecule has 0 unspecified atom stereocenters. The minimum absolute atomic E-state index is 0.0478. The SMILES string of the molecule is CN(C)c1cc(N2CCC(CNC(=O)c3c(F)cccc3-n3nccn3)CC2)ncn1. The largest absolute Gasteiger partial charge is 0.363 e. The first-order valence-corrected chi connectivity index (χ1v) is 10.2. The Balaban J connectivity index is 1.36. The highest BCUT2D eigenvalue weighted by Crippen LogP contribution is 2.23. The van der Waals surface area contributed by atoms with Crippen molar-refractivity contribution in [2.45, 2.75) is 12.8 Å². The van der Waals surface area contributed by atoms with E-state index < -0.39 is 11.7 Å². The lowest BCUT2D eigenvalue weighted by atomic mass is 9.96. The van der Waals surface area contributed by atoms with Gasteiger partial charge in [-0.15, -0.1) is 0 Å². The van der Waals surface area contributed by atoms with Gasteiger partial charge in [-0.05, 0) is 30.9 Å². The number of hydrogen-bond donors (Lipinski definition) is 1. The molecule has 1 aliphatic rings. The standard InChI is InChI=1S/C21H25FN8O/c1-28(2)18-12-19(25-14-24-18)29-10-6-15(7-11-29)13-23-21(31)20-16(22)4-3-5-17(20)30-26-8-9-27-30/h3-5,8-9,12,14-15H,6-7,10-11,13H2,1-2H3,(H,23,31). The number of piperidine rings is 1. The van der Waals surface area contributed by atoms with Crippen LogP contribution in [-0.2, 0) is 0 Å². The Hall–Kier alpha value is -3.56. The van der Waals surface area contributed by atoms with Crippen LogP contribution in [0.4, 0.5) is 16.0 Å². The fourth-order valence-corrected chi connectivity index (χ4v) is 3.69. The zero-order valence-corrected chi connectivity index (χ0v) is 17.6. The lowest BCUT2D eigenvalue weighted by Crippen LogP contribution is -2.39. The molecular formula is C21H25FN8O. The van der Waals surface area contributed by atoms with Crippen molar-refractivity contribution >= 4 is 17.5 Å². The summed E-state index contributed by atoms with van der Waals surface area (Å²) in [5.41, 5.74) is 0.270. The van der Waals surface area contributed by atoms with Crippen LogP contribution in [-0.4, -0.2) is 64.6 Å². The molecule has 1 N–H and O–H groups in total. The minimum atomic E-state index is -0.595. The molecular weight excluding hydrogens is 399 g/mol. The van der Waals surface area contributed by atoms with E-state index >= 15 is 0 Å². The number of halogens is 1. The predicted octanol–water partition coefficient (Wildman–Crippen LogP) is 1.91. The lowest BCUT2D eigenvalue weighted by molar-refractivity contribution is 0.0940. The van der Waals surface area contributed by atoms with E-state index in [2.05, 4.69) is 30.4 Å². The van der Waals surface area contributed by atoms with Crippen LogP contribution in [0.25, 0.3) is 5.69 Å². The van der Waals surface area contributed by atoms with Gasteiger partial charge >= 0.3 is 0 Å². The van der Waals surface area contributed by atoms with Gasteiger partial charge in [-0.1, -0.05) is 6.07 Å². The van der Waals surface area contributed by atoms with Gasteiger partial charge in [0.15, 0.2) is 0 Å². The first-order chi connectivity index (χ1) is 15.0. The van der Waals surface area contributed by atoms with Gasteiger partial charge in [-0.25, -0.2) is 14.4 Å². The lowest BCUT2D eigenvalue weighted by Gasteiger charge is -2.33. The van der Waals surface area contributed by atoms with Crippen LogP contribution in [0.2, 0.25) is 0 Å². The third-order valence-corrected chi connectivity index (χ3v) is 5.44. The van der Waals surface area contributed by atoms with E-state index in [1.165, 1.54) is 29.3 Å². The number of nitrogens with zero attached hydrogens (tertiary/aromatic N) is 7. The van der Waals surface area contributed by atoms with Crippen molar-refractivity contribution in [3.8, 4) is 5.69 Å². The molecule has 3 heterocycles. The monoisotopic (exact) mass is 424 g/mol. The molecule has 31 heavy (non-hydrogen) atoms. The number of amides is 1. The molecule has 1 saturated heterocycles. The van der Waals surface area contributed by atoms with Gasteiger partial charge in [0.25, 0.3) is 5.91 Å². The molecule has 0 spiro atoms. The van der Waals surface area contributed by atoms with Gasteiger partial charge in [-0.2, -0.15) is 15.0 Å². The number of hydrogen-bond acceptors (Lipinski definition) is 7. The molecule has 0 radical (unpaired) electrons. The molecule has 10 heteroatoms. The Kier molecular flexibility index (Phi) is 6.06. The summed E-state index contributed by atoms with van der Waals surface area (Å²) in [7, 11) is 3.90. The Morgan fingerprint density at radius 2 is 1.94 bits per heavy atom. The first kappa shape index (κ1) is 20.7. The van der Waals surface area contributed by atoms with Gasteiger partial charge < -0.3 is 15.1 Å². The van der Waals surface area contributed by atoms with Crippen molar-refractivity contribution < 1.29 is 9.18 Å². The number of rotatable bonds is 6. The zero-order chi connectivity index (χ0) is 21.8. The molecule has 1 aromatic carbocycles. The molecule has 1 aliphatic heterocycles. The Bertz CT molecular complexity index is 1030. The molecule has 3 aromatic rings. The van der Waals surface area contributed by atoms with Crippen molar-refractivity contribution in [3.63, 3.8) is 0 Å². The van der Waals surface area contributed by atoms with Crippen LogP contribution in [0, 0.1) is 11.7 Å². The number of anilines is 2. The second-order valence-corrected chi connectivity index (χ2v) is 7.72. The predicted molar refractivity (Wildman–Crippen MR) is 115 cm³/mol. The molecule has 1 fully saturated rings. The second kappa shape index (κ2) is 9.07. The van der Waals surface area contributed by atoms with Crippen LogP contribution < -0.4 is 15.1 Å². The van der Waals surface area contributed by atoms with Gasteiger partial charge in [-0.3, -0.25) is 4.79 Å². The van der Waals surface area contributed by atoms with Crippen LogP contribution in [0.5, 0.6) is 0 Å². The van der Waals surface area contributed by atoms with Gasteiger partial charge in [0.1, 0.15) is 35.0 Å². The van der Waals surface area contributed by atoms with Crippen LogP contribution in [0.1, 0.15) is 23.2 Å². The normalized spacial score (nSPS) is 14.5. The number of aromatic nitrogens is 5. The Morgan fingerprint density at radius 3 is 2.65 bits per heavy atom. The van der Waals surface area contributed by atoms with E-state index in [0.717, 1.165) is 37.6 Å². The fourth-order valence-electron chi connectivity index (χ4n) is 3.69. The van der Waals surface area contributed by atoms with E-state index in [0.29, 0.717) is 18.2 Å². The Labute approximate surface area is 179 Å². The van der Waals surface area contributed by atoms with Crippen molar-refractivity contribution in [1.82, 2.24) is 30.3 Å².